The highest BCUT2D eigenvalue weighted by atomic mass is 16.5. The molecular formula is C20H26O3. The molecule has 2 aliphatic carbocycles. The molecule has 4 unspecified atom stereocenters. The first-order valence-corrected chi connectivity index (χ1v) is 8.92. The summed E-state index contributed by atoms with van der Waals surface area (Å²) in [5.41, 5.74) is 1.19. The summed E-state index contributed by atoms with van der Waals surface area (Å²) >= 11 is 0. The quantitative estimate of drug-likeness (QED) is 0.773. The summed E-state index contributed by atoms with van der Waals surface area (Å²) in [5.74, 6) is 3.75. The van der Waals surface area contributed by atoms with Gasteiger partial charge in [-0.05, 0) is 56.1 Å². The number of ketones is 1. The molecule has 1 aromatic carbocycles. The van der Waals surface area contributed by atoms with Crippen LogP contribution < -0.4 is 9.47 Å². The number of ether oxygens (including phenoxy) is 2. The molecule has 3 aliphatic rings. The van der Waals surface area contributed by atoms with E-state index >= 15 is 0 Å². The Labute approximate surface area is 138 Å². The normalized spacial score (nSPS) is 38.8. The minimum absolute atomic E-state index is 0.124. The number of rotatable bonds is 1. The predicted molar refractivity (Wildman–Crippen MR) is 89.0 cm³/mol. The Kier molecular flexibility index (Phi) is 3.44. The van der Waals surface area contributed by atoms with Crippen LogP contribution in [0.3, 0.4) is 0 Å². The van der Waals surface area contributed by atoms with E-state index in [9.17, 15) is 4.79 Å². The van der Waals surface area contributed by atoms with Crippen molar-refractivity contribution in [2.45, 2.75) is 58.0 Å². The van der Waals surface area contributed by atoms with E-state index in [-0.39, 0.29) is 11.5 Å². The van der Waals surface area contributed by atoms with Gasteiger partial charge in [0.2, 0.25) is 0 Å². The molecule has 0 N–H and O–H groups in total. The van der Waals surface area contributed by atoms with Crippen molar-refractivity contribution in [1.29, 1.82) is 0 Å². The fourth-order valence-electron chi connectivity index (χ4n) is 5.51. The van der Waals surface area contributed by atoms with Crippen LogP contribution in [0.15, 0.2) is 18.2 Å². The zero-order chi connectivity index (χ0) is 16.2. The molecule has 0 spiro atoms. The van der Waals surface area contributed by atoms with Gasteiger partial charge in [-0.2, -0.15) is 0 Å². The number of carbonyl (C=O) groups is 1. The summed E-state index contributed by atoms with van der Waals surface area (Å²) in [6.07, 6.45) is 5.27. The number of benzene rings is 1. The lowest BCUT2D eigenvalue weighted by molar-refractivity contribution is -0.143. The Morgan fingerprint density at radius 2 is 2.13 bits per heavy atom. The van der Waals surface area contributed by atoms with Crippen LogP contribution in [0.25, 0.3) is 0 Å². The second-order valence-electron chi connectivity index (χ2n) is 7.79. The van der Waals surface area contributed by atoms with E-state index in [2.05, 4.69) is 19.9 Å². The zero-order valence-electron chi connectivity index (χ0n) is 14.3. The summed E-state index contributed by atoms with van der Waals surface area (Å²) in [7, 11) is 1.69. The molecule has 3 nitrogen and oxygen atoms in total. The van der Waals surface area contributed by atoms with Crippen molar-refractivity contribution < 1.29 is 14.3 Å². The molecule has 124 valence electrons. The first kappa shape index (κ1) is 15.0. The van der Waals surface area contributed by atoms with Crippen molar-refractivity contribution in [2.75, 3.05) is 7.11 Å². The fraction of sp³-hybridized carbons (Fsp3) is 0.650. The summed E-state index contributed by atoms with van der Waals surface area (Å²) < 4.78 is 11.6. The Hall–Kier alpha value is -1.51. The van der Waals surface area contributed by atoms with E-state index in [0.29, 0.717) is 23.5 Å². The van der Waals surface area contributed by atoms with E-state index in [1.165, 1.54) is 12.0 Å². The number of hydrogen-bond acceptors (Lipinski definition) is 3. The SMILES string of the molecule is COc1ccc2c(c1)OC(C)C1C2CC[C@]2(C)C(=O)CCCC12. The molecule has 0 bridgehead atoms. The van der Waals surface area contributed by atoms with Gasteiger partial charge in [0.05, 0.1) is 13.2 Å². The van der Waals surface area contributed by atoms with Crippen LogP contribution in [0, 0.1) is 17.3 Å². The maximum atomic E-state index is 12.6. The van der Waals surface area contributed by atoms with E-state index in [1.54, 1.807) is 7.11 Å². The summed E-state index contributed by atoms with van der Waals surface area (Å²) in [6.45, 7) is 4.40. The fourth-order valence-corrected chi connectivity index (χ4v) is 5.51. The minimum atomic E-state index is -0.124. The third-order valence-electron chi connectivity index (χ3n) is 6.75. The van der Waals surface area contributed by atoms with Crippen molar-refractivity contribution in [3.63, 3.8) is 0 Å². The molecule has 1 aliphatic heterocycles. The lowest BCUT2D eigenvalue weighted by Crippen LogP contribution is -2.53. The van der Waals surface area contributed by atoms with Crippen molar-refractivity contribution >= 4 is 5.78 Å². The van der Waals surface area contributed by atoms with Crippen molar-refractivity contribution in [2.24, 2.45) is 17.3 Å². The Balaban J connectivity index is 1.74. The smallest absolute Gasteiger partial charge is 0.139 e. The largest absolute Gasteiger partial charge is 0.497 e. The third kappa shape index (κ3) is 2.12. The van der Waals surface area contributed by atoms with Gasteiger partial charge in [0.15, 0.2) is 0 Å². The molecule has 0 radical (unpaired) electrons. The van der Waals surface area contributed by atoms with Crippen molar-refractivity contribution in [1.82, 2.24) is 0 Å². The van der Waals surface area contributed by atoms with Gasteiger partial charge in [-0.3, -0.25) is 4.79 Å². The second kappa shape index (κ2) is 5.25. The molecule has 2 saturated carbocycles. The molecule has 23 heavy (non-hydrogen) atoms. The number of methoxy groups -OCH3 is 1. The van der Waals surface area contributed by atoms with E-state index in [1.807, 2.05) is 12.1 Å². The number of carbonyl (C=O) groups excluding carboxylic acids is 1. The summed E-state index contributed by atoms with van der Waals surface area (Å²) in [5, 5.41) is 0. The monoisotopic (exact) mass is 314 g/mol. The molecule has 2 fully saturated rings. The van der Waals surface area contributed by atoms with Gasteiger partial charge >= 0.3 is 0 Å². The maximum Gasteiger partial charge on any atom is 0.139 e. The Morgan fingerprint density at radius 3 is 2.91 bits per heavy atom. The van der Waals surface area contributed by atoms with Crippen LogP contribution in [0.5, 0.6) is 11.5 Å². The summed E-state index contributed by atoms with van der Waals surface area (Å²) in [6, 6.07) is 6.22. The number of hydrogen-bond donors (Lipinski definition) is 0. The van der Waals surface area contributed by atoms with Gasteiger partial charge < -0.3 is 9.47 Å². The topological polar surface area (TPSA) is 35.5 Å². The standard InChI is InChI=1S/C20H26O3/c1-12-19-15(14-8-7-13(22-3)11-17(14)23-12)9-10-20(2)16(19)5-4-6-18(20)21/h7-8,11-12,15-16,19H,4-6,9-10H2,1-3H3/t12?,15?,16?,19?,20-/m0/s1. The highest BCUT2D eigenvalue weighted by Gasteiger charge is 2.55. The van der Waals surface area contributed by atoms with Gasteiger partial charge in [-0.1, -0.05) is 13.0 Å². The third-order valence-corrected chi connectivity index (χ3v) is 6.75. The van der Waals surface area contributed by atoms with Gasteiger partial charge in [-0.25, -0.2) is 0 Å². The molecule has 0 saturated heterocycles. The molecule has 5 atom stereocenters. The van der Waals surface area contributed by atoms with Crippen LogP contribution >= 0.6 is 0 Å². The van der Waals surface area contributed by atoms with Crippen molar-refractivity contribution in [3.05, 3.63) is 23.8 Å². The maximum absolute atomic E-state index is 12.6. The highest BCUT2D eigenvalue weighted by molar-refractivity contribution is 5.85. The minimum Gasteiger partial charge on any atom is -0.497 e. The Morgan fingerprint density at radius 1 is 1.30 bits per heavy atom. The van der Waals surface area contributed by atoms with E-state index in [0.717, 1.165) is 37.2 Å². The predicted octanol–water partition coefficient (Wildman–Crippen LogP) is 4.35. The van der Waals surface area contributed by atoms with Crippen LogP contribution in [0.4, 0.5) is 0 Å². The van der Waals surface area contributed by atoms with Gasteiger partial charge in [0, 0.05) is 23.8 Å². The van der Waals surface area contributed by atoms with E-state index < -0.39 is 0 Å². The molecule has 0 aromatic heterocycles. The van der Waals surface area contributed by atoms with Gasteiger partial charge in [-0.15, -0.1) is 0 Å². The Bertz CT molecular complexity index is 638. The van der Waals surface area contributed by atoms with Crippen LogP contribution in [0.1, 0.15) is 57.4 Å². The lowest BCUT2D eigenvalue weighted by Gasteiger charge is -2.54. The first-order valence-electron chi connectivity index (χ1n) is 8.92. The number of fused-ring (bicyclic) bond motifs is 5. The molecule has 0 amide bonds. The van der Waals surface area contributed by atoms with Crippen LogP contribution in [-0.2, 0) is 4.79 Å². The van der Waals surface area contributed by atoms with E-state index in [4.69, 9.17) is 9.47 Å². The molecule has 3 heteroatoms. The van der Waals surface area contributed by atoms with Crippen molar-refractivity contribution in [3.8, 4) is 11.5 Å². The lowest BCUT2D eigenvalue weighted by atomic mass is 9.51. The molecule has 1 aromatic rings. The molecule has 4 rings (SSSR count). The van der Waals surface area contributed by atoms with Crippen LogP contribution in [0.2, 0.25) is 0 Å². The number of Topliss-reactive ketones (excluding diaryl/α,β-unsaturated/α-hetero) is 1. The second-order valence-corrected chi connectivity index (χ2v) is 7.79. The average Bonchev–Trinajstić information content (AvgIpc) is 2.55. The zero-order valence-corrected chi connectivity index (χ0v) is 14.3. The molecule has 1 heterocycles. The average molecular weight is 314 g/mol. The highest BCUT2D eigenvalue weighted by Crippen LogP contribution is 2.59. The van der Waals surface area contributed by atoms with Crippen LogP contribution in [-0.4, -0.2) is 19.0 Å². The molecular weight excluding hydrogens is 288 g/mol. The summed E-state index contributed by atoms with van der Waals surface area (Å²) in [4.78, 5) is 12.6. The van der Waals surface area contributed by atoms with Gasteiger partial charge in [0.25, 0.3) is 0 Å². The van der Waals surface area contributed by atoms with Gasteiger partial charge in [0.1, 0.15) is 17.3 Å². The first-order chi connectivity index (χ1) is 11.0.